The molecule has 54 valence electrons. The van der Waals surface area contributed by atoms with Crippen LogP contribution in [0.15, 0.2) is 0 Å². The highest BCUT2D eigenvalue weighted by Crippen LogP contribution is 2.45. The van der Waals surface area contributed by atoms with E-state index in [-0.39, 0.29) is 0 Å². The second kappa shape index (κ2) is 2.40. The van der Waals surface area contributed by atoms with Crippen LogP contribution in [0.2, 0.25) is 0 Å². The van der Waals surface area contributed by atoms with Crippen LogP contribution >= 0.6 is 11.8 Å². The second-order valence-corrected chi connectivity index (χ2v) is 3.29. The standard InChI is InChI=1S/C5H7F3S/c6-3-4-1-2-9-5(4,7)8/h4H,1-3H2. The minimum atomic E-state index is -2.80. The van der Waals surface area contributed by atoms with E-state index in [1.54, 1.807) is 0 Å². The topological polar surface area (TPSA) is 0 Å². The zero-order valence-corrected chi connectivity index (χ0v) is 5.56. The summed E-state index contributed by atoms with van der Waals surface area (Å²) in [6.45, 7) is -0.889. The lowest BCUT2D eigenvalue weighted by Crippen LogP contribution is -2.19. The van der Waals surface area contributed by atoms with Gasteiger partial charge in [-0.15, -0.1) is 0 Å². The Morgan fingerprint density at radius 2 is 2.22 bits per heavy atom. The van der Waals surface area contributed by atoms with E-state index in [4.69, 9.17) is 0 Å². The molecule has 0 bridgehead atoms. The largest absolute Gasteiger partial charge is 0.299 e. The van der Waals surface area contributed by atoms with E-state index in [0.717, 1.165) is 0 Å². The Morgan fingerprint density at radius 1 is 1.56 bits per heavy atom. The molecule has 1 rings (SSSR count). The van der Waals surface area contributed by atoms with Crippen molar-refractivity contribution in [3.05, 3.63) is 0 Å². The monoisotopic (exact) mass is 156 g/mol. The van der Waals surface area contributed by atoms with Crippen LogP contribution in [0.4, 0.5) is 13.2 Å². The van der Waals surface area contributed by atoms with E-state index >= 15 is 0 Å². The van der Waals surface area contributed by atoms with Crippen molar-refractivity contribution < 1.29 is 13.2 Å². The highest BCUT2D eigenvalue weighted by molar-refractivity contribution is 8.00. The number of halogens is 3. The van der Waals surface area contributed by atoms with Crippen LogP contribution in [-0.4, -0.2) is 17.7 Å². The van der Waals surface area contributed by atoms with Crippen LogP contribution in [0.25, 0.3) is 0 Å². The molecule has 0 N–H and O–H groups in total. The van der Waals surface area contributed by atoms with Crippen LogP contribution < -0.4 is 0 Å². The molecule has 4 heteroatoms. The van der Waals surface area contributed by atoms with Gasteiger partial charge in [0.2, 0.25) is 0 Å². The summed E-state index contributed by atoms with van der Waals surface area (Å²) in [5.41, 5.74) is 0. The molecule has 0 saturated carbocycles. The van der Waals surface area contributed by atoms with E-state index in [0.29, 0.717) is 23.9 Å². The average molecular weight is 156 g/mol. The van der Waals surface area contributed by atoms with Crippen molar-refractivity contribution in [1.82, 2.24) is 0 Å². The van der Waals surface area contributed by atoms with Crippen LogP contribution in [0.5, 0.6) is 0 Å². The first-order valence-electron chi connectivity index (χ1n) is 2.74. The maximum atomic E-state index is 12.3. The molecule has 1 unspecified atom stereocenters. The minimum absolute atomic E-state index is 0.314. The summed E-state index contributed by atoms with van der Waals surface area (Å²) in [7, 11) is 0. The summed E-state index contributed by atoms with van der Waals surface area (Å²) in [5.74, 6) is -0.635. The zero-order chi connectivity index (χ0) is 6.91. The van der Waals surface area contributed by atoms with Crippen molar-refractivity contribution in [2.75, 3.05) is 12.4 Å². The smallest absolute Gasteiger partial charge is 0.251 e. The molecule has 1 fully saturated rings. The second-order valence-electron chi connectivity index (χ2n) is 2.05. The molecule has 0 nitrogen and oxygen atoms in total. The Morgan fingerprint density at radius 3 is 2.44 bits per heavy atom. The first kappa shape index (κ1) is 7.25. The maximum Gasteiger partial charge on any atom is 0.299 e. The fourth-order valence-corrected chi connectivity index (χ4v) is 1.88. The molecule has 9 heavy (non-hydrogen) atoms. The first-order valence-corrected chi connectivity index (χ1v) is 3.73. The van der Waals surface area contributed by atoms with Gasteiger partial charge in [-0.1, -0.05) is 11.8 Å². The number of hydrogen-bond donors (Lipinski definition) is 0. The molecule has 0 aromatic carbocycles. The molecule has 0 aromatic heterocycles. The third kappa shape index (κ3) is 1.34. The van der Waals surface area contributed by atoms with Crippen LogP contribution in [-0.2, 0) is 0 Å². The SMILES string of the molecule is FCC1CCSC1(F)F. The van der Waals surface area contributed by atoms with Crippen molar-refractivity contribution in [3.63, 3.8) is 0 Å². The third-order valence-corrected chi connectivity index (χ3v) is 2.58. The lowest BCUT2D eigenvalue weighted by atomic mass is 10.1. The van der Waals surface area contributed by atoms with E-state index in [1.807, 2.05) is 0 Å². The van der Waals surface area contributed by atoms with Crippen molar-refractivity contribution in [3.8, 4) is 0 Å². The Balaban J connectivity index is 2.52. The van der Waals surface area contributed by atoms with E-state index in [9.17, 15) is 13.2 Å². The van der Waals surface area contributed by atoms with Crippen molar-refractivity contribution in [2.45, 2.75) is 11.7 Å². The van der Waals surface area contributed by atoms with Gasteiger partial charge in [-0.05, 0) is 12.2 Å². The highest BCUT2D eigenvalue weighted by Gasteiger charge is 2.44. The van der Waals surface area contributed by atoms with Gasteiger partial charge in [0.1, 0.15) is 0 Å². The fourth-order valence-electron chi connectivity index (χ4n) is 0.790. The maximum absolute atomic E-state index is 12.3. The van der Waals surface area contributed by atoms with Gasteiger partial charge in [-0.2, -0.15) is 8.78 Å². The Labute approximate surface area is 55.8 Å². The normalized spacial score (nSPS) is 33.0. The summed E-state index contributed by atoms with van der Waals surface area (Å²) in [6.07, 6.45) is 0.314. The molecule has 0 aromatic rings. The molecule has 1 aliphatic rings. The molecule has 1 atom stereocenters. The van der Waals surface area contributed by atoms with Crippen molar-refractivity contribution >= 4 is 11.8 Å². The lowest BCUT2D eigenvalue weighted by Gasteiger charge is -2.12. The number of thioether (sulfide) groups is 1. The Bertz CT molecular complexity index is 104. The molecule has 1 aliphatic heterocycles. The lowest BCUT2D eigenvalue weighted by molar-refractivity contribution is 0.0339. The molecule has 0 radical (unpaired) electrons. The summed E-state index contributed by atoms with van der Waals surface area (Å²) in [4.78, 5) is 0. The number of rotatable bonds is 1. The van der Waals surface area contributed by atoms with Crippen LogP contribution in [0.3, 0.4) is 0 Å². The van der Waals surface area contributed by atoms with Gasteiger partial charge in [-0.3, -0.25) is 4.39 Å². The summed E-state index contributed by atoms with van der Waals surface area (Å²) in [6, 6.07) is 0. The highest BCUT2D eigenvalue weighted by atomic mass is 32.2. The molecule has 0 aliphatic carbocycles. The van der Waals surface area contributed by atoms with Gasteiger partial charge in [0.25, 0.3) is 5.25 Å². The van der Waals surface area contributed by atoms with Gasteiger partial charge in [-0.25, -0.2) is 0 Å². The minimum Gasteiger partial charge on any atom is -0.251 e. The van der Waals surface area contributed by atoms with Gasteiger partial charge < -0.3 is 0 Å². The molecule has 0 amide bonds. The molecular formula is C5H7F3S. The summed E-state index contributed by atoms with van der Waals surface area (Å²) < 4.78 is 36.4. The van der Waals surface area contributed by atoms with Gasteiger partial charge in [0.05, 0.1) is 12.6 Å². The van der Waals surface area contributed by atoms with E-state index < -0.39 is 17.8 Å². The summed E-state index contributed by atoms with van der Waals surface area (Å²) in [5, 5.41) is -2.80. The van der Waals surface area contributed by atoms with Gasteiger partial charge in [0, 0.05) is 0 Å². The van der Waals surface area contributed by atoms with Crippen LogP contribution in [0.1, 0.15) is 6.42 Å². The van der Waals surface area contributed by atoms with Gasteiger partial charge in [0.15, 0.2) is 0 Å². The first-order chi connectivity index (χ1) is 4.17. The molecule has 0 spiro atoms. The zero-order valence-electron chi connectivity index (χ0n) is 4.74. The predicted molar refractivity (Wildman–Crippen MR) is 31.5 cm³/mol. The predicted octanol–water partition coefficient (Wildman–Crippen LogP) is 2.30. The fraction of sp³-hybridized carbons (Fsp3) is 1.00. The summed E-state index contributed by atoms with van der Waals surface area (Å²) >= 11 is 0.559. The van der Waals surface area contributed by atoms with E-state index in [2.05, 4.69) is 0 Å². The van der Waals surface area contributed by atoms with Crippen molar-refractivity contribution in [1.29, 1.82) is 0 Å². The quantitative estimate of drug-likeness (QED) is 0.561. The Kier molecular flexibility index (Phi) is 1.94. The molecule has 1 saturated heterocycles. The van der Waals surface area contributed by atoms with E-state index in [1.165, 1.54) is 0 Å². The van der Waals surface area contributed by atoms with Crippen molar-refractivity contribution in [2.24, 2.45) is 5.92 Å². The number of hydrogen-bond acceptors (Lipinski definition) is 1. The van der Waals surface area contributed by atoms with Crippen LogP contribution in [0, 0.1) is 5.92 Å². The van der Waals surface area contributed by atoms with Gasteiger partial charge >= 0.3 is 0 Å². The molecular weight excluding hydrogens is 149 g/mol. The third-order valence-electron chi connectivity index (χ3n) is 1.42. The molecule has 1 heterocycles. The Hall–Kier alpha value is 0.140. The average Bonchev–Trinajstić information content (AvgIpc) is 2.08. The number of alkyl halides is 3.